The van der Waals surface area contributed by atoms with Crippen LogP contribution in [0.5, 0.6) is 0 Å². The molecule has 0 saturated carbocycles. The Morgan fingerprint density at radius 1 is 0.921 bits per heavy atom. The number of pyridine rings is 1. The monoisotopic (exact) mass is 512 g/mol. The number of hydrogen-bond acceptors (Lipinski definition) is 3. The first-order valence-electron chi connectivity index (χ1n) is 13.7. The Kier molecular flexibility index (Phi) is 7.91. The second-order valence-electron chi connectivity index (χ2n) is 10.6. The molecule has 0 aliphatic carbocycles. The van der Waals surface area contributed by atoms with Crippen LogP contribution in [0.3, 0.4) is 0 Å². The normalized spacial score (nSPS) is 18.8. The molecule has 1 aromatic heterocycles. The van der Waals surface area contributed by atoms with E-state index in [0.717, 1.165) is 42.6 Å². The van der Waals surface area contributed by atoms with Crippen LogP contribution in [0.2, 0.25) is 0 Å². The third kappa shape index (κ3) is 5.98. The maximum absolute atomic E-state index is 13.5. The molecule has 2 aromatic carbocycles. The summed E-state index contributed by atoms with van der Waals surface area (Å²) in [5.41, 5.74) is 3.96. The average molecular weight is 513 g/mol. The van der Waals surface area contributed by atoms with Crippen molar-refractivity contribution in [2.24, 2.45) is 5.92 Å². The van der Waals surface area contributed by atoms with Crippen LogP contribution >= 0.6 is 0 Å². The summed E-state index contributed by atoms with van der Waals surface area (Å²) < 4.78 is 1.85. The van der Waals surface area contributed by atoms with E-state index in [-0.39, 0.29) is 29.3 Å². The number of anilines is 1. The fourth-order valence-corrected chi connectivity index (χ4v) is 5.73. The zero-order valence-corrected chi connectivity index (χ0v) is 21.9. The summed E-state index contributed by atoms with van der Waals surface area (Å²) in [6.07, 6.45) is 4.66. The first-order chi connectivity index (χ1) is 18.5. The molecule has 2 N–H and O–H groups in total. The molecule has 2 aliphatic rings. The molecule has 198 valence electrons. The second kappa shape index (κ2) is 11.7. The van der Waals surface area contributed by atoms with Crippen molar-refractivity contribution in [2.45, 2.75) is 57.5 Å². The van der Waals surface area contributed by atoms with Gasteiger partial charge in [0.1, 0.15) is 6.04 Å². The molecule has 2 unspecified atom stereocenters. The number of benzene rings is 2. The first-order valence-corrected chi connectivity index (χ1v) is 13.7. The lowest BCUT2D eigenvalue weighted by molar-refractivity contribution is -0.118. The van der Waals surface area contributed by atoms with Crippen LogP contribution in [0, 0.1) is 5.92 Å². The number of nitrogens with zero attached hydrogens (tertiary/aromatic N) is 2. The van der Waals surface area contributed by atoms with Crippen LogP contribution in [0.4, 0.5) is 10.5 Å². The molecule has 2 bridgehead atoms. The van der Waals surface area contributed by atoms with Crippen molar-refractivity contribution in [2.75, 3.05) is 18.4 Å². The van der Waals surface area contributed by atoms with Gasteiger partial charge in [-0.15, -0.1) is 0 Å². The smallest absolute Gasteiger partial charge is 0.318 e. The number of fused-ring (bicyclic) bond motifs is 4. The highest BCUT2D eigenvalue weighted by Crippen LogP contribution is 2.35. The minimum absolute atomic E-state index is 0.0214. The molecule has 7 nitrogen and oxygen atoms in total. The number of carbonyl (C=O) groups excluding carboxylic acids is 2. The van der Waals surface area contributed by atoms with Gasteiger partial charge in [-0.3, -0.25) is 9.59 Å². The van der Waals surface area contributed by atoms with Gasteiger partial charge in [0.15, 0.2) is 0 Å². The number of amides is 3. The van der Waals surface area contributed by atoms with Gasteiger partial charge in [-0.05, 0) is 54.5 Å². The minimum atomic E-state index is -0.721. The number of nitrogens with one attached hydrogen (secondary N) is 2. The number of unbranched alkanes of at least 4 members (excludes halogenated alkanes) is 1. The van der Waals surface area contributed by atoms with Crippen molar-refractivity contribution < 1.29 is 9.59 Å². The van der Waals surface area contributed by atoms with Crippen molar-refractivity contribution in [3.05, 3.63) is 100.0 Å². The number of piperidine rings is 1. The van der Waals surface area contributed by atoms with E-state index in [1.807, 2.05) is 70.1 Å². The molecule has 2 aliphatic heterocycles. The predicted molar refractivity (Wildman–Crippen MR) is 149 cm³/mol. The molecule has 3 aromatic rings. The van der Waals surface area contributed by atoms with Gasteiger partial charge in [-0.25, -0.2) is 4.79 Å². The Labute approximate surface area is 223 Å². The topological polar surface area (TPSA) is 83.4 Å². The third-order valence-corrected chi connectivity index (χ3v) is 7.70. The summed E-state index contributed by atoms with van der Waals surface area (Å²) in [6, 6.07) is 22.1. The van der Waals surface area contributed by atoms with E-state index in [2.05, 4.69) is 17.6 Å². The predicted octanol–water partition coefficient (Wildman–Crippen LogP) is 4.57. The molecule has 38 heavy (non-hydrogen) atoms. The minimum Gasteiger partial charge on any atom is -0.326 e. The van der Waals surface area contributed by atoms with E-state index < -0.39 is 6.04 Å². The zero-order valence-electron chi connectivity index (χ0n) is 21.9. The van der Waals surface area contributed by atoms with Crippen molar-refractivity contribution >= 4 is 17.6 Å². The number of carbonyl (C=O) groups is 2. The van der Waals surface area contributed by atoms with Crippen molar-refractivity contribution in [1.82, 2.24) is 14.8 Å². The van der Waals surface area contributed by atoms with Crippen molar-refractivity contribution in [3.63, 3.8) is 0 Å². The van der Waals surface area contributed by atoms with Crippen LogP contribution in [0.15, 0.2) is 77.6 Å². The van der Waals surface area contributed by atoms with E-state index in [1.165, 1.54) is 5.56 Å². The summed E-state index contributed by atoms with van der Waals surface area (Å²) in [7, 11) is 0. The molecule has 3 heterocycles. The molecule has 0 spiro atoms. The molecule has 5 rings (SSSR count). The summed E-state index contributed by atoms with van der Waals surface area (Å²) in [5.74, 6) is 0.104. The van der Waals surface area contributed by atoms with Crippen LogP contribution in [0.25, 0.3) is 0 Å². The summed E-state index contributed by atoms with van der Waals surface area (Å²) in [6.45, 7) is 3.90. The standard InChI is InChI=1S/C31H36N4O3/c1-2-3-8-22-13-15-26(16-14-22)32-30(37)27(18-23-9-5-4-6-10-23)33-31(38)34-19-24-17-25(21-34)28-11-7-12-29(36)35(28)20-24/h4-7,9-16,24-25,27H,2-3,8,17-21H2,1H3,(H,32,37)(H,33,38)/t24?,25?,27-/m0/s1. The van der Waals surface area contributed by atoms with Crippen molar-refractivity contribution in [3.8, 4) is 0 Å². The van der Waals surface area contributed by atoms with Crippen LogP contribution < -0.4 is 16.2 Å². The maximum Gasteiger partial charge on any atom is 0.318 e. The molecule has 0 radical (unpaired) electrons. The first kappa shape index (κ1) is 25.8. The summed E-state index contributed by atoms with van der Waals surface area (Å²) >= 11 is 0. The van der Waals surface area contributed by atoms with Crippen LogP contribution in [-0.4, -0.2) is 40.5 Å². The van der Waals surface area contributed by atoms with Crippen molar-refractivity contribution in [1.29, 1.82) is 0 Å². The van der Waals surface area contributed by atoms with Crippen LogP contribution in [0.1, 0.15) is 48.9 Å². The Hall–Kier alpha value is -3.87. The van der Waals surface area contributed by atoms with Crippen LogP contribution in [-0.2, 0) is 24.2 Å². The van der Waals surface area contributed by atoms with Gasteiger partial charge in [0.25, 0.3) is 5.56 Å². The molecular weight excluding hydrogens is 476 g/mol. The van der Waals surface area contributed by atoms with Gasteiger partial charge >= 0.3 is 6.03 Å². The van der Waals surface area contributed by atoms with Gasteiger partial charge in [0.2, 0.25) is 5.91 Å². The molecule has 3 atom stereocenters. The van der Waals surface area contributed by atoms with Gasteiger partial charge in [-0.2, -0.15) is 0 Å². The quantitative estimate of drug-likeness (QED) is 0.464. The maximum atomic E-state index is 13.5. The summed E-state index contributed by atoms with van der Waals surface area (Å²) in [5, 5.41) is 6.03. The average Bonchev–Trinajstić information content (AvgIpc) is 2.93. The van der Waals surface area contributed by atoms with Gasteiger partial charge in [0, 0.05) is 49.4 Å². The van der Waals surface area contributed by atoms with E-state index >= 15 is 0 Å². The molecule has 3 amide bonds. The number of aromatic nitrogens is 1. The fourth-order valence-electron chi connectivity index (χ4n) is 5.73. The lowest BCUT2D eigenvalue weighted by Crippen LogP contribution is -2.55. The number of aryl methyl sites for hydroxylation is 1. The van der Waals surface area contributed by atoms with E-state index in [0.29, 0.717) is 26.1 Å². The highest BCUT2D eigenvalue weighted by molar-refractivity contribution is 5.97. The SMILES string of the molecule is CCCCc1ccc(NC(=O)[C@H](Cc2ccccc2)NC(=O)N2CC3CC(C2)c2cccc(=O)n2C3)cc1. The Morgan fingerprint density at radius 2 is 1.71 bits per heavy atom. The van der Waals surface area contributed by atoms with E-state index in [4.69, 9.17) is 0 Å². The Bertz CT molecular complexity index is 1320. The lowest BCUT2D eigenvalue weighted by Gasteiger charge is -2.43. The Morgan fingerprint density at radius 3 is 2.47 bits per heavy atom. The number of rotatable bonds is 8. The van der Waals surface area contributed by atoms with Gasteiger partial charge in [0.05, 0.1) is 0 Å². The number of hydrogen-bond donors (Lipinski definition) is 2. The Balaban J connectivity index is 1.29. The van der Waals surface area contributed by atoms with Gasteiger partial charge < -0.3 is 20.1 Å². The molecule has 7 heteroatoms. The number of likely N-dealkylation sites (tertiary alicyclic amines) is 1. The molecular formula is C31H36N4O3. The van der Waals surface area contributed by atoms with E-state index in [9.17, 15) is 14.4 Å². The highest BCUT2D eigenvalue weighted by Gasteiger charge is 2.37. The second-order valence-corrected chi connectivity index (χ2v) is 10.6. The fraction of sp³-hybridized carbons (Fsp3) is 0.387. The number of urea groups is 1. The lowest BCUT2D eigenvalue weighted by atomic mass is 9.83. The third-order valence-electron chi connectivity index (χ3n) is 7.70. The summed E-state index contributed by atoms with van der Waals surface area (Å²) in [4.78, 5) is 41.0. The largest absolute Gasteiger partial charge is 0.326 e. The molecule has 1 fully saturated rings. The zero-order chi connectivity index (χ0) is 26.5. The molecule has 1 saturated heterocycles. The highest BCUT2D eigenvalue weighted by atomic mass is 16.2. The van der Waals surface area contributed by atoms with Gasteiger partial charge in [-0.1, -0.05) is 61.9 Å². The van der Waals surface area contributed by atoms with E-state index in [1.54, 1.807) is 12.1 Å².